The van der Waals surface area contributed by atoms with E-state index in [9.17, 15) is 9.00 Å². The maximum Gasteiger partial charge on any atom is 0.247 e. The maximum atomic E-state index is 10.1. The van der Waals surface area contributed by atoms with Crippen LogP contribution in [0.2, 0.25) is 0 Å². The number of hydrogen-bond donors (Lipinski definition) is 2. The van der Waals surface area contributed by atoms with Crippen LogP contribution in [0.15, 0.2) is 0 Å². The highest BCUT2D eigenvalue weighted by Crippen LogP contribution is 1.76. The SMILES string of the molecule is O=C1CNS(=O)N1. The number of hydrogen-bond acceptors (Lipinski definition) is 2. The Hall–Kier alpha value is -0.420. The molecule has 40 valence electrons. The largest absolute Gasteiger partial charge is 0.273 e. The van der Waals surface area contributed by atoms with Gasteiger partial charge in [-0.25, -0.2) is 8.93 Å². The highest BCUT2D eigenvalue weighted by Gasteiger charge is 2.13. The molecule has 0 aliphatic carbocycles. The van der Waals surface area contributed by atoms with Crippen molar-refractivity contribution in [1.82, 2.24) is 9.44 Å². The molecular formula is C2H4N2O2S. The van der Waals surface area contributed by atoms with Gasteiger partial charge in [0.1, 0.15) is 0 Å². The zero-order valence-electron chi connectivity index (χ0n) is 3.43. The van der Waals surface area contributed by atoms with Crippen LogP contribution in [0.25, 0.3) is 0 Å². The van der Waals surface area contributed by atoms with E-state index in [-0.39, 0.29) is 12.5 Å². The molecule has 0 aromatic rings. The third-order valence-corrected chi connectivity index (χ3v) is 1.39. The van der Waals surface area contributed by atoms with Crippen LogP contribution in [0, 0.1) is 0 Å². The summed E-state index contributed by atoms with van der Waals surface area (Å²) in [5.74, 6) is -0.210. The first-order valence-corrected chi connectivity index (χ1v) is 2.89. The molecule has 1 rings (SSSR count). The summed E-state index contributed by atoms with van der Waals surface area (Å²) in [6.45, 7) is 0.173. The monoisotopic (exact) mass is 120 g/mol. The van der Waals surface area contributed by atoms with Crippen LogP contribution in [-0.2, 0) is 16.0 Å². The maximum absolute atomic E-state index is 10.1. The van der Waals surface area contributed by atoms with Gasteiger partial charge in [-0.1, -0.05) is 0 Å². The van der Waals surface area contributed by atoms with Gasteiger partial charge in [0.15, 0.2) is 11.2 Å². The van der Waals surface area contributed by atoms with Gasteiger partial charge in [-0.15, -0.1) is 0 Å². The lowest BCUT2D eigenvalue weighted by Gasteiger charge is -1.80. The minimum atomic E-state index is -1.30. The van der Waals surface area contributed by atoms with Crippen LogP contribution in [-0.4, -0.2) is 16.7 Å². The number of carbonyl (C=O) groups is 1. The fraction of sp³-hybridized carbons (Fsp3) is 0.500. The van der Waals surface area contributed by atoms with Crippen molar-refractivity contribution in [1.29, 1.82) is 0 Å². The van der Waals surface area contributed by atoms with Gasteiger partial charge >= 0.3 is 0 Å². The van der Waals surface area contributed by atoms with Gasteiger partial charge in [0.2, 0.25) is 5.91 Å². The number of amides is 1. The Bertz CT molecular complexity index is 109. The molecular weight excluding hydrogens is 116 g/mol. The zero-order chi connectivity index (χ0) is 5.28. The normalized spacial score (nSPS) is 30.3. The summed E-state index contributed by atoms with van der Waals surface area (Å²) < 4.78 is 14.6. The Morgan fingerprint density at radius 1 is 1.71 bits per heavy atom. The molecule has 4 nitrogen and oxygen atoms in total. The van der Waals surface area contributed by atoms with Crippen LogP contribution >= 0.6 is 0 Å². The Labute approximate surface area is 43.0 Å². The molecule has 5 heteroatoms. The van der Waals surface area contributed by atoms with Crippen molar-refractivity contribution < 1.29 is 9.00 Å². The number of rotatable bonds is 0. The summed E-state index contributed by atoms with van der Waals surface area (Å²) >= 11 is -1.30. The second-order valence-corrected chi connectivity index (χ2v) is 2.15. The summed E-state index contributed by atoms with van der Waals surface area (Å²) in [5, 5.41) is 0. The molecule has 0 radical (unpaired) electrons. The molecule has 1 heterocycles. The van der Waals surface area contributed by atoms with Gasteiger partial charge < -0.3 is 0 Å². The first-order chi connectivity index (χ1) is 3.29. The third-order valence-electron chi connectivity index (χ3n) is 0.570. The standard InChI is InChI=1S/C2H4N2O2S/c5-2-1-3-7(6)4-2/h3H,1H2,(H,4,5). The Morgan fingerprint density at radius 2 is 2.43 bits per heavy atom. The van der Waals surface area contributed by atoms with Crippen LogP contribution in [0.1, 0.15) is 0 Å². The first kappa shape index (κ1) is 4.73. The summed E-state index contributed by atoms with van der Waals surface area (Å²) in [5.41, 5.74) is 0. The molecule has 0 aromatic heterocycles. The van der Waals surface area contributed by atoms with E-state index in [0.29, 0.717) is 0 Å². The highest BCUT2D eigenvalue weighted by atomic mass is 32.2. The topological polar surface area (TPSA) is 58.2 Å². The molecule has 0 saturated carbocycles. The summed E-state index contributed by atoms with van der Waals surface area (Å²) in [4.78, 5) is 10.1. The van der Waals surface area contributed by atoms with Gasteiger partial charge in [-0.3, -0.25) is 9.52 Å². The molecule has 0 spiro atoms. The van der Waals surface area contributed by atoms with Crippen molar-refractivity contribution in [3.8, 4) is 0 Å². The van der Waals surface area contributed by atoms with Gasteiger partial charge in [0.05, 0.1) is 6.54 Å². The lowest BCUT2D eigenvalue weighted by Crippen LogP contribution is -2.16. The minimum absolute atomic E-state index is 0.173. The summed E-state index contributed by atoms with van der Waals surface area (Å²) in [7, 11) is 0. The van der Waals surface area contributed by atoms with E-state index in [1.807, 2.05) is 0 Å². The van der Waals surface area contributed by atoms with Crippen molar-refractivity contribution >= 4 is 17.1 Å². The number of carbonyl (C=O) groups excluding carboxylic acids is 1. The first-order valence-electron chi connectivity index (χ1n) is 1.74. The van der Waals surface area contributed by atoms with Gasteiger partial charge in [0, 0.05) is 0 Å². The lowest BCUT2D eigenvalue weighted by molar-refractivity contribution is -0.117. The molecule has 2 N–H and O–H groups in total. The van der Waals surface area contributed by atoms with Crippen LogP contribution < -0.4 is 9.44 Å². The minimum Gasteiger partial charge on any atom is -0.273 e. The fourth-order valence-corrected chi connectivity index (χ4v) is 0.920. The molecule has 1 unspecified atom stereocenters. The van der Waals surface area contributed by atoms with Crippen LogP contribution in [0.3, 0.4) is 0 Å². The van der Waals surface area contributed by atoms with Gasteiger partial charge in [-0.05, 0) is 0 Å². The van der Waals surface area contributed by atoms with Gasteiger partial charge in [-0.2, -0.15) is 0 Å². The Kier molecular flexibility index (Phi) is 1.07. The van der Waals surface area contributed by atoms with E-state index in [0.717, 1.165) is 0 Å². The van der Waals surface area contributed by atoms with Crippen molar-refractivity contribution in [2.75, 3.05) is 6.54 Å². The zero-order valence-corrected chi connectivity index (χ0v) is 4.25. The summed E-state index contributed by atoms with van der Waals surface area (Å²) in [6.07, 6.45) is 0. The molecule has 0 bridgehead atoms. The molecule has 1 atom stereocenters. The second-order valence-electron chi connectivity index (χ2n) is 1.12. The van der Waals surface area contributed by atoms with Crippen molar-refractivity contribution in [3.63, 3.8) is 0 Å². The van der Waals surface area contributed by atoms with Crippen LogP contribution in [0.4, 0.5) is 0 Å². The Balaban J connectivity index is 2.55. The lowest BCUT2D eigenvalue weighted by atomic mass is 10.7. The third kappa shape index (κ3) is 0.971. The molecule has 1 saturated heterocycles. The molecule has 1 aliphatic heterocycles. The van der Waals surface area contributed by atoms with E-state index < -0.39 is 11.2 Å². The fourth-order valence-electron chi connectivity index (χ4n) is 0.307. The van der Waals surface area contributed by atoms with E-state index in [4.69, 9.17) is 0 Å². The van der Waals surface area contributed by atoms with Crippen molar-refractivity contribution in [2.45, 2.75) is 0 Å². The van der Waals surface area contributed by atoms with E-state index in [1.165, 1.54) is 0 Å². The van der Waals surface area contributed by atoms with Crippen molar-refractivity contribution in [3.05, 3.63) is 0 Å². The highest BCUT2D eigenvalue weighted by molar-refractivity contribution is 7.82. The van der Waals surface area contributed by atoms with Crippen molar-refractivity contribution in [2.24, 2.45) is 0 Å². The van der Waals surface area contributed by atoms with Crippen LogP contribution in [0.5, 0.6) is 0 Å². The number of nitrogens with one attached hydrogen (secondary N) is 2. The average molecular weight is 120 g/mol. The van der Waals surface area contributed by atoms with E-state index in [1.54, 1.807) is 0 Å². The van der Waals surface area contributed by atoms with Gasteiger partial charge in [0.25, 0.3) is 0 Å². The van der Waals surface area contributed by atoms with E-state index >= 15 is 0 Å². The molecule has 7 heavy (non-hydrogen) atoms. The molecule has 1 amide bonds. The predicted molar refractivity (Wildman–Crippen MR) is 24.3 cm³/mol. The predicted octanol–water partition coefficient (Wildman–Crippen LogP) is -1.72. The second kappa shape index (κ2) is 1.59. The average Bonchev–Trinajstić information content (AvgIpc) is 1.87. The molecule has 1 fully saturated rings. The van der Waals surface area contributed by atoms with E-state index in [2.05, 4.69) is 9.44 Å². The quantitative estimate of drug-likeness (QED) is 0.399. The summed E-state index contributed by atoms with van der Waals surface area (Å²) in [6, 6.07) is 0. The Morgan fingerprint density at radius 3 is 2.57 bits per heavy atom. The molecule has 1 aliphatic rings. The smallest absolute Gasteiger partial charge is 0.247 e. The molecule has 0 aromatic carbocycles.